The summed E-state index contributed by atoms with van der Waals surface area (Å²) >= 11 is 0. The summed E-state index contributed by atoms with van der Waals surface area (Å²) in [5.74, 6) is 0. The summed E-state index contributed by atoms with van der Waals surface area (Å²) in [4.78, 5) is 9.95. The Kier molecular flexibility index (Phi) is 22.1. The third kappa shape index (κ3) is 17.7. The van der Waals surface area contributed by atoms with Crippen LogP contribution in [0.4, 0.5) is 0 Å². The van der Waals surface area contributed by atoms with E-state index in [-0.39, 0.29) is 25.6 Å². The van der Waals surface area contributed by atoms with Crippen molar-refractivity contribution in [3.05, 3.63) is 0 Å². The second-order valence-corrected chi connectivity index (χ2v) is 12.7. The second kappa shape index (κ2) is 23.3. The number of unbranched alkanes of at least 4 members (excludes halogenated alkanes) is 15. The van der Waals surface area contributed by atoms with Gasteiger partial charge in [-0.2, -0.15) is 0 Å². The van der Waals surface area contributed by atoms with Crippen LogP contribution in [0, 0.1) is 0 Å². The number of aliphatic hydroxyl groups excluding tert-OH is 4. The minimum absolute atomic E-state index is 0.168. The highest BCUT2D eigenvalue weighted by Crippen LogP contribution is 2.47. The van der Waals surface area contributed by atoms with Gasteiger partial charge in [0.1, 0.15) is 18.3 Å². The van der Waals surface area contributed by atoms with E-state index in [1.807, 2.05) is 0 Å². The number of rotatable bonds is 26. The van der Waals surface area contributed by atoms with Crippen LogP contribution < -0.4 is 0 Å². The molecule has 240 valence electrons. The molecule has 0 aromatic heterocycles. The monoisotopic (exact) mass is 598 g/mol. The number of hydrogen-bond donors (Lipinski definition) is 5. The Balaban J connectivity index is 1.98. The maximum absolute atomic E-state index is 12.2. The van der Waals surface area contributed by atoms with Crippen LogP contribution in [0.2, 0.25) is 0 Å². The number of phosphoric ester groups is 1. The predicted octanol–water partition coefficient (Wildman–Crippen LogP) is 5.02. The first-order chi connectivity index (χ1) is 19.2. The standard InChI is InChI=1S/C29H59O10P/c1-3-4-5-6-7-8-9-10-11-12-13-14-15-16-17-18-20-37-23-24(36-2)19-21-38-40(34,35)39-29-26(31)22-25(30)27(32)28(29)33/h24-33H,3-23H2,1-2H3,(H,34,35)/t24-,25+,26+,27-,28+,29+/m0/s1. The van der Waals surface area contributed by atoms with Gasteiger partial charge in [-0.05, 0) is 12.8 Å². The smallest absolute Gasteiger partial charge is 0.390 e. The normalized spacial score (nSPS) is 25.6. The van der Waals surface area contributed by atoms with Crippen molar-refractivity contribution < 1.29 is 48.4 Å². The zero-order chi connectivity index (χ0) is 29.6. The second-order valence-electron chi connectivity index (χ2n) is 11.2. The molecule has 0 radical (unpaired) electrons. The van der Waals surface area contributed by atoms with E-state index in [2.05, 4.69) is 6.92 Å². The van der Waals surface area contributed by atoms with Gasteiger partial charge in [-0.25, -0.2) is 4.57 Å². The van der Waals surface area contributed by atoms with E-state index in [4.69, 9.17) is 18.5 Å². The SMILES string of the molecule is CCCCCCCCCCCCCCCCCCOC[C@H](CCOP(=O)(O)O[C@H]1[C@H](O)[C@@H](O)[C@H](O)C[C@H]1O)OC. The Hall–Kier alpha value is -0.130. The minimum Gasteiger partial charge on any atom is -0.390 e. The lowest BCUT2D eigenvalue weighted by Crippen LogP contribution is -2.56. The summed E-state index contributed by atoms with van der Waals surface area (Å²) in [5, 5.41) is 39.2. The Labute approximate surface area is 242 Å². The molecular formula is C29H59O10P. The van der Waals surface area contributed by atoms with Crippen molar-refractivity contribution in [2.45, 2.75) is 159 Å². The van der Waals surface area contributed by atoms with Crippen molar-refractivity contribution in [3.8, 4) is 0 Å². The molecule has 1 fully saturated rings. The summed E-state index contributed by atoms with van der Waals surface area (Å²) in [6.45, 7) is 3.06. The average molecular weight is 599 g/mol. The fourth-order valence-corrected chi connectivity index (χ4v) is 5.99. The molecular weight excluding hydrogens is 539 g/mol. The lowest BCUT2D eigenvalue weighted by atomic mass is 9.87. The van der Waals surface area contributed by atoms with Crippen LogP contribution in [0.15, 0.2) is 0 Å². The summed E-state index contributed by atoms with van der Waals surface area (Å²) < 4.78 is 33.1. The first-order valence-corrected chi connectivity index (χ1v) is 17.2. The minimum atomic E-state index is -4.62. The van der Waals surface area contributed by atoms with Crippen LogP contribution in [0.3, 0.4) is 0 Å². The summed E-state index contributed by atoms with van der Waals surface area (Å²) in [6, 6.07) is 0. The summed E-state index contributed by atoms with van der Waals surface area (Å²) in [7, 11) is -3.10. The van der Waals surface area contributed by atoms with Crippen LogP contribution in [-0.4, -0.2) is 88.9 Å². The van der Waals surface area contributed by atoms with Gasteiger partial charge in [0.2, 0.25) is 0 Å². The van der Waals surface area contributed by atoms with E-state index in [0.29, 0.717) is 13.2 Å². The number of methoxy groups -OCH3 is 1. The predicted molar refractivity (Wildman–Crippen MR) is 155 cm³/mol. The van der Waals surface area contributed by atoms with Crippen molar-refractivity contribution in [1.29, 1.82) is 0 Å². The van der Waals surface area contributed by atoms with Crippen LogP contribution in [0.5, 0.6) is 0 Å². The van der Waals surface area contributed by atoms with Crippen molar-refractivity contribution in [2.24, 2.45) is 0 Å². The molecule has 0 aliphatic heterocycles. The molecule has 1 saturated carbocycles. The number of hydrogen-bond acceptors (Lipinski definition) is 9. The first kappa shape index (κ1) is 37.9. The van der Waals surface area contributed by atoms with Gasteiger partial charge in [-0.15, -0.1) is 0 Å². The molecule has 0 heterocycles. The Morgan fingerprint density at radius 2 is 1.23 bits per heavy atom. The molecule has 1 aliphatic carbocycles. The molecule has 0 aromatic rings. The maximum Gasteiger partial charge on any atom is 0.472 e. The lowest BCUT2D eigenvalue weighted by Gasteiger charge is -2.38. The van der Waals surface area contributed by atoms with Crippen molar-refractivity contribution in [3.63, 3.8) is 0 Å². The summed E-state index contributed by atoms with van der Waals surface area (Å²) in [6.07, 6.45) is 13.1. The zero-order valence-corrected chi connectivity index (χ0v) is 25.9. The molecule has 0 amide bonds. The highest BCUT2D eigenvalue weighted by atomic mass is 31.2. The molecule has 7 atom stereocenters. The van der Waals surface area contributed by atoms with E-state index in [0.717, 1.165) is 12.8 Å². The Bertz CT molecular complexity index is 640. The van der Waals surface area contributed by atoms with Crippen molar-refractivity contribution in [2.75, 3.05) is 26.9 Å². The van der Waals surface area contributed by atoms with Crippen LogP contribution >= 0.6 is 7.82 Å². The van der Waals surface area contributed by atoms with Crippen LogP contribution in [0.25, 0.3) is 0 Å². The van der Waals surface area contributed by atoms with Gasteiger partial charge in [-0.1, -0.05) is 103 Å². The maximum atomic E-state index is 12.2. The zero-order valence-electron chi connectivity index (χ0n) is 25.0. The molecule has 0 saturated heterocycles. The number of ether oxygens (including phenoxy) is 2. The molecule has 5 N–H and O–H groups in total. The molecule has 10 nitrogen and oxygen atoms in total. The highest BCUT2D eigenvalue weighted by Gasteiger charge is 2.46. The van der Waals surface area contributed by atoms with Gasteiger partial charge in [0.15, 0.2) is 0 Å². The fraction of sp³-hybridized carbons (Fsp3) is 1.00. The fourth-order valence-electron chi connectivity index (χ4n) is 5.02. The molecule has 1 aliphatic rings. The third-order valence-electron chi connectivity index (χ3n) is 7.67. The van der Waals surface area contributed by atoms with Gasteiger partial charge in [-0.3, -0.25) is 9.05 Å². The number of aliphatic hydroxyl groups is 4. The van der Waals surface area contributed by atoms with Gasteiger partial charge < -0.3 is 34.8 Å². The summed E-state index contributed by atoms with van der Waals surface area (Å²) in [5.41, 5.74) is 0. The quantitative estimate of drug-likeness (QED) is 0.0677. The first-order valence-electron chi connectivity index (χ1n) is 15.7. The van der Waals surface area contributed by atoms with E-state index in [1.54, 1.807) is 0 Å². The third-order valence-corrected chi connectivity index (χ3v) is 8.69. The largest absolute Gasteiger partial charge is 0.472 e. The molecule has 0 spiro atoms. The van der Waals surface area contributed by atoms with Crippen molar-refractivity contribution in [1.82, 2.24) is 0 Å². The van der Waals surface area contributed by atoms with Gasteiger partial charge in [0.25, 0.3) is 0 Å². The van der Waals surface area contributed by atoms with E-state index < -0.39 is 38.3 Å². The molecule has 0 bridgehead atoms. The highest BCUT2D eigenvalue weighted by molar-refractivity contribution is 7.47. The molecule has 1 rings (SSSR count). The molecule has 1 unspecified atom stereocenters. The molecule has 11 heteroatoms. The van der Waals surface area contributed by atoms with E-state index in [1.165, 1.54) is 97.0 Å². The Morgan fingerprint density at radius 3 is 1.73 bits per heavy atom. The average Bonchev–Trinajstić information content (AvgIpc) is 2.92. The topological polar surface area (TPSA) is 155 Å². The number of phosphoric acid groups is 1. The van der Waals surface area contributed by atoms with Gasteiger partial charge in [0.05, 0.1) is 31.5 Å². The van der Waals surface area contributed by atoms with Crippen LogP contribution in [-0.2, 0) is 23.1 Å². The van der Waals surface area contributed by atoms with Crippen LogP contribution in [0.1, 0.15) is 122 Å². The molecule has 40 heavy (non-hydrogen) atoms. The van der Waals surface area contributed by atoms with Crippen molar-refractivity contribution >= 4 is 7.82 Å². The lowest BCUT2D eigenvalue weighted by molar-refractivity contribution is -0.173. The van der Waals surface area contributed by atoms with Gasteiger partial charge in [0, 0.05) is 20.1 Å². The molecule has 0 aromatic carbocycles. The Morgan fingerprint density at radius 1 is 0.725 bits per heavy atom. The van der Waals surface area contributed by atoms with Gasteiger partial charge >= 0.3 is 7.82 Å². The van der Waals surface area contributed by atoms with E-state index in [9.17, 15) is 29.9 Å². The van der Waals surface area contributed by atoms with E-state index >= 15 is 0 Å².